The predicted molar refractivity (Wildman–Crippen MR) is 153 cm³/mol. The van der Waals surface area contributed by atoms with Crippen LogP contribution >= 0.6 is 11.6 Å². The summed E-state index contributed by atoms with van der Waals surface area (Å²) in [4.78, 5) is 28.4. The van der Waals surface area contributed by atoms with Crippen LogP contribution in [0.25, 0.3) is 0 Å². The van der Waals surface area contributed by atoms with E-state index >= 15 is 0 Å². The lowest BCUT2D eigenvalue weighted by molar-refractivity contribution is -0.140. The van der Waals surface area contributed by atoms with Gasteiger partial charge in [-0.15, -0.1) is 0 Å². The lowest BCUT2D eigenvalue weighted by atomic mass is 10.1. The minimum absolute atomic E-state index is 0.0239. The fourth-order valence-corrected chi connectivity index (χ4v) is 5.46. The molecule has 0 aliphatic rings. The van der Waals surface area contributed by atoms with Gasteiger partial charge in [0.1, 0.15) is 18.3 Å². The minimum Gasteiger partial charge on any atom is -0.497 e. The topological polar surface area (TPSA) is 96.0 Å². The second-order valence-corrected chi connectivity index (χ2v) is 12.4. The second-order valence-electron chi connectivity index (χ2n) is 10.1. The zero-order chi connectivity index (χ0) is 28.8. The summed E-state index contributed by atoms with van der Waals surface area (Å²) < 4.78 is 33.9. The molecule has 0 saturated carbocycles. The van der Waals surface area contributed by atoms with Crippen LogP contribution in [0.5, 0.6) is 5.75 Å². The van der Waals surface area contributed by atoms with Gasteiger partial charge in [0.25, 0.3) is 10.0 Å². The lowest BCUT2D eigenvalue weighted by Crippen LogP contribution is -2.54. The zero-order valence-corrected chi connectivity index (χ0v) is 24.3. The average molecular weight is 572 g/mol. The molecule has 0 heterocycles. The zero-order valence-electron chi connectivity index (χ0n) is 22.7. The number of rotatable bonds is 10. The minimum atomic E-state index is -4.20. The van der Waals surface area contributed by atoms with Gasteiger partial charge >= 0.3 is 0 Å². The smallest absolute Gasteiger partial charge is 0.264 e. The Labute approximate surface area is 235 Å². The molecule has 3 rings (SSSR count). The molecule has 3 aromatic carbocycles. The normalized spacial score (nSPS) is 12.4. The summed E-state index contributed by atoms with van der Waals surface area (Å²) >= 11 is 6.20. The molecule has 0 bridgehead atoms. The van der Waals surface area contributed by atoms with E-state index < -0.39 is 34.1 Å². The number of nitrogens with one attached hydrogen (secondary N) is 1. The Morgan fingerprint density at radius 3 is 2.18 bits per heavy atom. The molecule has 1 unspecified atom stereocenters. The first kappa shape index (κ1) is 30.0. The van der Waals surface area contributed by atoms with Crippen LogP contribution in [0.1, 0.15) is 33.3 Å². The lowest BCUT2D eigenvalue weighted by Gasteiger charge is -2.33. The molecule has 208 valence electrons. The third-order valence-corrected chi connectivity index (χ3v) is 7.91. The standard InChI is InChI=1S/C29H34ClN3O5S/c1-21(28(35)31-29(2,3)4)32(19-22-10-7-6-8-11-22)27(34)20-33(24-13-9-12-23(30)18-24)39(36,37)26-16-14-25(38-5)15-17-26/h6-18,21H,19-20H2,1-5H3,(H,31,35). The third kappa shape index (κ3) is 7.97. The molecule has 0 saturated heterocycles. The summed E-state index contributed by atoms with van der Waals surface area (Å²) in [6.07, 6.45) is 0. The molecule has 0 aromatic heterocycles. The van der Waals surface area contributed by atoms with Crippen molar-refractivity contribution in [3.8, 4) is 5.75 Å². The maximum Gasteiger partial charge on any atom is 0.264 e. The molecule has 0 fully saturated rings. The summed E-state index contributed by atoms with van der Waals surface area (Å²) in [6, 6.07) is 20.5. The molecule has 39 heavy (non-hydrogen) atoms. The molecule has 8 nitrogen and oxygen atoms in total. The van der Waals surface area contributed by atoms with Gasteiger partial charge in [0.05, 0.1) is 17.7 Å². The SMILES string of the molecule is COc1ccc(S(=O)(=O)N(CC(=O)N(Cc2ccccc2)C(C)C(=O)NC(C)(C)C)c2cccc(Cl)c2)cc1. The Balaban J connectivity index is 2.03. The molecular formula is C29H34ClN3O5S. The molecule has 0 radical (unpaired) electrons. The largest absolute Gasteiger partial charge is 0.497 e. The molecule has 3 aromatic rings. The Morgan fingerprint density at radius 1 is 0.974 bits per heavy atom. The van der Waals surface area contributed by atoms with Crippen molar-refractivity contribution in [3.05, 3.63) is 89.4 Å². The van der Waals surface area contributed by atoms with E-state index in [1.165, 1.54) is 42.3 Å². The number of amides is 2. The van der Waals surface area contributed by atoms with Gasteiger partial charge in [0, 0.05) is 17.1 Å². The Hall–Kier alpha value is -3.56. The molecule has 0 aliphatic heterocycles. The number of carbonyl (C=O) groups is 2. The highest BCUT2D eigenvalue weighted by atomic mass is 35.5. The van der Waals surface area contributed by atoms with E-state index in [9.17, 15) is 18.0 Å². The van der Waals surface area contributed by atoms with Crippen molar-refractivity contribution >= 4 is 39.1 Å². The number of methoxy groups -OCH3 is 1. The van der Waals surface area contributed by atoms with Gasteiger partial charge in [0.2, 0.25) is 11.8 Å². The van der Waals surface area contributed by atoms with Crippen LogP contribution in [0, 0.1) is 0 Å². The molecular weight excluding hydrogens is 538 g/mol. The van der Waals surface area contributed by atoms with Gasteiger partial charge in [0.15, 0.2) is 0 Å². The number of carbonyl (C=O) groups excluding carboxylic acids is 2. The number of nitrogens with zero attached hydrogens (tertiary/aromatic N) is 2. The third-order valence-electron chi connectivity index (χ3n) is 5.88. The van der Waals surface area contributed by atoms with E-state index in [1.807, 2.05) is 51.1 Å². The molecule has 0 aliphatic carbocycles. The van der Waals surface area contributed by atoms with Crippen LogP contribution in [0.4, 0.5) is 5.69 Å². The Bertz CT molecular complexity index is 1390. The van der Waals surface area contributed by atoms with Crippen LogP contribution in [0.2, 0.25) is 5.02 Å². The van der Waals surface area contributed by atoms with E-state index in [4.69, 9.17) is 16.3 Å². The van der Waals surface area contributed by atoms with Crippen LogP contribution in [-0.2, 0) is 26.2 Å². The number of benzene rings is 3. The van der Waals surface area contributed by atoms with Gasteiger partial charge in [-0.05, 0) is 75.7 Å². The van der Waals surface area contributed by atoms with Gasteiger partial charge in [-0.25, -0.2) is 8.42 Å². The summed E-state index contributed by atoms with van der Waals surface area (Å²) in [7, 11) is -2.72. The first-order valence-corrected chi connectivity index (χ1v) is 14.2. The maximum atomic E-state index is 13.9. The van der Waals surface area contributed by atoms with Crippen molar-refractivity contribution in [2.45, 2.75) is 50.7 Å². The highest BCUT2D eigenvalue weighted by Crippen LogP contribution is 2.28. The van der Waals surface area contributed by atoms with Crippen LogP contribution in [0.3, 0.4) is 0 Å². The summed E-state index contributed by atoms with van der Waals surface area (Å²) in [5, 5.41) is 3.22. The fourth-order valence-electron chi connectivity index (χ4n) is 3.87. The molecule has 1 N–H and O–H groups in total. The van der Waals surface area contributed by atoms with Crippen molar-refractivity contribution in [2.24, 2.45) is 0 Å². The maximum absolute atomic E-state index is 13.9. The predicted octanol–water partition coefficient (Wildman–Crippen LogP) is 4.88. The van der Waals surface area contributed by atoms with Crippen molar-refractivity contribution in [3.63, 3.8) is 0 Å². The highest BCUT2D eigenvalue weighted by Gasteiger charge is 2.33. The van der Waals surface area contributed by atoms with Crippen molar-refractivity contribution in [2.75, 3.05) is 18.0 Å². The number of hydrogen-bond donors (Lipinski definition) is 1. The van der Waals surface area contributed by atoms with Crippen LogP contribution in [-0.4, -0.2) is 50.4 Å². The number of halogens is 1. The number of hydrogen-bond acceptors (Lipinski definition) is 5. The van der Waals surface area contributed by atoms with Crippen LogP contribution in [0.15, 0.2) is 83.8 Å². The first-order valence-electron chi connectivity index (χ1n) is 12.4. The number of ether oxygens (including phenoxy) is 1. The molecule has 1 atom stereocenters. The summed E-state index contributed by atoms with van der Waals surface area (Å²) in [5.41, 5.74) is 0.504. The molecule has 10 heteroatoms. The summed E-state index contributed by atoms with van der Waals surface area (Å²) in [5.74, 6) is -0.404. The second kappa shape index (κ2) is 12.5. The van der Waals surface area contributed by atoms with Crippen molar-refractivity contribution < 1.29 is 22.7 Å². The van der Waals surface area contributed by atoms with Gasteiger partial charge in [-0.2, -0.15) is 0 Å². The average Bonchev–Trinajstić information content (AvgIpc) is 2.89. The van der Waals surface area contributed by atoms with Crippen LogP contribution < -0.4 is 14.4 Å². The Morgan fingerprint density at radius 2 is 1.62 bits per heavy atom. The fraction of sp³-hybridized carbons (Fsp3) is 0.310. The van der Waals surface area contributed by atoms with E-state index in [2.05, 4.69) is 5.32 Å². The van der Waals surface area contributed by atoms with E-state index in [-0.39, 0.29) is 23.0 Å². The number of sulfonamides is 1. The summed E-state index contributed by atoms with van der Waals surface area (Å²) in [6.45, 7) is 6.75. The monoisotopic (exact) mass is 571 g/mol. The van der Waals surface area contributed by atoms with Gasteiger partial charge in [-0.3, -0.25) is 13.9 Å². The first-order chi connectivity index (χ1) is 18.3. The number of anilines is 1. The van der Waals surface area contributed by atoms with E-state index in [0.717, 1.165) is 9.87 Å². The van der Waals surface area contributed by atoms with Crippen molar-refractivity contribution in [1.82, 2.24) is 10.2 Å². The quantitative estimate of drug-likeness (QED) is 0.374. The van der Waals surface area contributed by atoms with Gasteiger partial charge < -0.3 is 15.0 Å². The molecule has 2 amide bonds. The van der Waals surface area contributed by atoms with E-state index in [0.29, 0.717) is 10.8 Å². The molecule has 0 spiro atoms. The van der Waals surface area contributed by atoms with Gasteiger partial charge in [-0.1, -0.05) is 48.0 Å². The Kier molecular flexibility index (Phi) is 9.63. The highest BCUT2D eigenvalue weighted by molar-refractivity contribution is 7.92. The van der Waals surface area contributed by atoms with E-state index in [1.54, 1.807) is 25.1 Å². The van der Waals surface area contributed by atoms with Crippen molar-refractivity contribution in [1.29, 1.82) is 0 Å².